The fourth-order valence-electron chi connectivity index (χ4n) is 2.46. The summed E-state index contributed by atoms with van der Waals surface area (Å²) in [5.41, 5.74) is 5.25. The standard InChI is InChI=1S/C13H26NO10P/c1-5(2)23-25(20,21)24-11-6(3)8(15)9(16)10(17)12(11)22-4-7(14)13(18)19/h5-12,15-17H,4,14H2,1-3H3,(H,18,19)(H,20,21)/p-2. The number of hydrogen-bond donors (Lipinski definition) is 4. The molecule has 1 rings (SSSR count). The third kappa shape index (κ3) is 5.95. The monoisotopic (exact) mass is 385 g/mol. The predicted molar refractivity (Wildman–Crippen MR) is 78.6 cm³/mol. The maximum Gasteiger partial charge on any atom is 0.268 e. The summed E-state index contributed by atoms with van der Waals surface area (Å²) in [5.74, 6) is -2.60. The Kier molecular flexibility index (Phi) is 7.94. The molecule has 0 saturated heterocycles. The van der Waals surface area contributed by atoms with E-state index in [9.17, 15) is 34.7 Å². The van der Waals surface area contributed by atoms with Crippen LogP contribution in [0.2, 0.25) is 0 Å². The van der Waals surface area contributed by atoms with Crippen molar-refractivity contribution in [3.8, 4) is 0 Å². The van der Waals surface area contributed by atoms with Crippen molar-refractivity contribution in [2.45, 2.75) is 63.4 Å². The van der Waals surface area contributed by atoms with E-state index in [1.54, 1.807) is 0 Å². The predicted octanol–water partition coefficient (Wildman–Crippen LogP) is -3.54. The highest BCUT2D eigenvalue weighted by molar-refractivity contribution is 7.45. The maximum atomic E-state index is 11.9. The second-order valence-corrected chi connectivity index (χ2v) is 7.54. The highest BCUT2D eigenvalue weighted by Crippen LogP contribution is 2.45. The van der Waals surface area contributed by atoms with Gasteiger partial charge in [0, 0.05) is 5.92 Å². The zero-order valence-electron chi connectivity index (χ0n) is 14.0. The van der Waals surface area contributed by atoms with Crippen LogP contribution in [0.1, 0.15) is 20.8 Å². The minimum atomic E-state index is -4.82. The van der Waals surface area contributed by atoms with Gasteiger partial charge in [0.1, 0.15) is 18.3 Å². The van der Waals surface area contributed by atoms with Crippen molar-refractivity contribution in [3.05, 3.63) is 0 Å². The van der Waals surface area contributed by atoms with Gasteiger partial charge in [-0.05, 0) is 13.8 Å². The fourth-order valence-corrected chi connectivity index (χ4v) is 3.64. The molecule has 0 aliphatic heterocycles. The Morgan fingerprint density at radius 2 is 1.76 bits per heavy atom. The summed E-state index contributed by atoms with van der Waals surface area (Å²) in [6.45, 7) is 3.65. The molecule has 0 aromatic carbocycles. The molecule has 0 aromatic rings. The summed E-state index contributed by atoms with van der Waals surface area (Å²) in [4.78, 5) is 22.6. The Morgan fingerprint density at radius 1 is 1.20 bits per heavy atom. The van der Waals surface area contributed by atoms with Crippen molar-refractivity contribution >= 4 is 13.8 Å². The molecule has 11 nitrogen and oxygen atoms in total. The van der Waals surface area contributed by atoms with Gasteiger partial charge in [0.05, 0.1) is 36.9 Å². The van der Waals surface area contributed by atoms with Crippen molar-refractivity contribution in [1.82, 2.24) is 0 Å². The number of ether oxygens (including phenoxy) is 1. The van der Waals surface area contributed by atoms with Gasteiger partial charge >= 0.3 is 0 Å². The molecule has 1 fully saturated rings. The first kappa shape index (κ1) is 22.4. The molecule has 0 aromatic heterocycles. The van der Waals surface area contributed by atoms with E-state index in [4.69, 9.17) is 15.0 Å². The Balaban J connectivity index is 2.99. The van der Waals surface area contributed by atoms with Crippen LogP contribution in [-0.2, 0) is 23.1 Å². The van der Waals surface area contributed by atoms with Gasteiger partial charge in [0.15, 0.2) is 0 Å². The van der Waals surface area contributed by atoms with E-state index in [1.807, 2.05) is 0 Å². The van der Waals surface area contributed by atoms with Crippen LogP contribution < -0.4 is 15.7 Å². The highest BCUT2D eigenvalue weighted by atomic mass is 31.2. The zero-order valence-corrected chi connectivity index (χ0v) is 14.9. The zero-order chi connectivity index (χ0) is 19.5. The number of rotatable bonds is 8. The molecule has 0 heterocycles. The van der Waals surface area contributed by atoms with E-state index in [0.717, 1.165) is 0 Å². The van der Waals surface area contributed by atoms with Crippen LogP contribution in [0, 0.1) is 5.92 Å². The number of nitrogens with two attached hydrogens (primary N) is 1. The number of carbonyl (C=O) groups excluding carboxylic acids is 1. The number of carboxylic acids is 1. The van der Waals surface area contributed by atoms with Crippen molar-refractivity contribution in [3.63, 3.8) is 0 Å². The van der Waals surface area contributed by atoms with Crippen LogP contribution in [0.15, 0.2) is 0 Å². The van der Waals surface area contributed by atoms with Gasteiger partial charge in [-0.25, -0.2) is 0 Å². The summed E-state index contributed by atoms with van der Waals surface area (Å²) < 4.78 is 26.7. The number of carbonyl (C=O) groups is 1. The van der Waals surface area contributed by atoms with E-state index >= 15 is 0 Å². The number of aliphatic hydroxyl groups excluding tert-OH is 3. The Bertz CT molecular complexity index is 503. The number of carboxylic acid groups (broad SMARTS) is 1. The molecule has 148 valence electrons. The van der Waals surface area contributed by atoms with Crippen LogP contribution >= 0.6 is 7.82 Å². The molecule has 1 aliphatic carbocycles. The van der Waals surface area contributed by atoms with Crippen LogP contribution in [0.3, 0.4) is 0 Å². The molecular weight excluding hydrogens is 361 g/mol. The van der Waals surface area contributed by atoms with E-state index in [1.165, 1.54) is 20.8 Å². The van der Waals surface area contributed by atoms with Gasteiger partial charge in [-0.2, -0.15) is 0 Å². The van der Waals surface area contributed by atoms with Crippen molar-refractivity contribution in [2.24, 2.45) is 11.7 Å². The van der Waals surface area contributed by atoms with Crippen LogP contribution in [0.25, 0.3) is 0 Å². The lowest BCUT2D eigenvalue weighted by Crippen LogP contribution is -2.62. The largest absolute Gasteiger partial charge is 0.756 e. The van der Waals surface area contributed by atoms with E-state index in [-0.39, 0.29) is 0 Å². The highest BCUT2D eigenvalue weighted by Gasteiger charge is 2.50. The second kappa shape index (κ2) is 8.85. The van der Waals surface area contributed by atoms with Crippen molar-refractivity contribution in [1.29, 1.82) is 0 Å². The molecule has 0 amide bonds. The summed E-state index contributed by atoms with van der Waals surface area (Å²) in [6, 6.07) is -1.54. The molecular formula is C13H24NO10P-2. The molecule has 25 heavy (non-hydrogen) atoms. The lowest BCUT2D eigenvalue weighted by atomic mass is 9.79. The topological polar surface area (TPSA) is 195 Å². The van der Waals surface area contributed by atoms with Gasteiger partial charge in [-0.15, -0.1) is 0 Å². The van der Waals surface area contributed by atoms with E-state index in [2.05, 4.69) is 4.52 Å². The number of aliphatic hydroxyl groups is 3. The SMILES string of the molecule is CC(C)OP(=O)([O-])OC1C(C)C(O)C(O)C(O)C1OCC(N)C(=O)[O-]. The summed E-state index contributed by atoms with van der Waals surface area (Å²) in [5, 5.41) is 40.5. The number of phosphoric acid groups is 1. The first-order valence-electron chi connectivity index (χ1n) is 7.67. The van der Waals surface area contributed by atoms with Crippen molar-refractivity contribution < 1.29 is 48.5 Å². The van der Waals surface area contributed by atoms with Crippen molar-refractivity contribution in [2.75, 3.05) is 6.61 Å². The van der Waals surface area contributed by atoms with Gasteiger partial charge in [-0.1, -0.05) is 6.92 Å². The number of aliphatic carboxylic acids is 1. The molecule has 1 aliphatic rings. The second-order valence-electron chi connectivity index (χ2n) is 6.23. The lowest BCUT2D eigenvalue weighted by Gasteiger charge is -2.46. The molecule has 1 saturated carbocycles. The first-order valence-corrected chi connectivity index (χ1v) is 9.13. The molecule has 8 atom stereocenters. The number of hydrogen-bond acceptors (Lipinski definition) is 11. The minimum Gasteiger partial charge on any atom is -0.756 e. The minimum absolute atomic E-state index is 0.631. The quantitative estimate of drug-likeness (QED) is 0.302. The van der Waals surface area contributed by atoms with Crippen LogP contribution in [-0.4, -0.2) is 70.6 Å². The molecule has 5 N–H and O–H groups in total. The molecule has 8 unspecified atom stereocenters. The van der Waals surface area contributed by atoms with Gasteiger partial charge in [0.2, 0.25) is 0 Å². The van der Waals surface area contributed by atoms with Gasteiger partial charge < -0.3 is 49.6 Å². The summed E-state index contributed by atoms with van der Waals surface area (Å²) in [6.07, 6.45) is -8.54. The average molecular weight is 385 g/mol. The lowest BCUT2D eigenvalue weighted by molar-refractivity contribution is -0.309. The normalized spacial score (nSPS) is 36.8. The third-order valence-electron chi connectivity index (χ3n) is 3.78. The Labute approximate surface area is 144 Å². The van der Waals surface area contributed by atoms with Crippen LogP contribution in [0.4, 0.5) is 0 Å². The average Bonchev–Trinajstić information content (AvgIpc) is 2.48. The molecule has 12 heteroatoms. The molecule has 0 radical (unpaired) electrons. The summed E-state index contributed by atoms with van der Waals surface area (Å²) in [7, 11) is -4.82. The number of phosphoric ester groups is 1. The smallest absolute Gasteiger partial charge is 0.268 e. The summed E-state index contributed by atoms with van der Waals surface area (Å²) >= 11 is 0. The molecule has 0 spiro atoms. The third-order valence-corrected chi connectivity index (χ3v) is 4.96. The Morgan fingerprint density at radius 3 is 2.24 bits per heavy atom. The van der Waals surface area contributed by atoms with E-state index in [0.29, 0.717) is 0 Å². The van der Waals surface area contributed by atoms with Gasteiger partial charge in [-0.3, -0.25) is 4.57 Å². The first-order chi connectivity index (χ1) is 11.4. The molecule has 0 bridgehead atoms. The van der Waals surface area contributed by atoms with E-state index < -0.39 is 69.0 Å². The Hall–Kier alpha value is -0.620. The van der Waals surface area contributed by atoms with Crippen LogP contribution in [0.5, 0.6) is 0 Å². The van der Waals surface area contributed by atoms with Gasteiger partial charge in [0.25, 0.3) is 7.82 Å². The maximum absolute atomic E-state index is 11.9. The fraction of sp³-hybridized carbons (Fsp3) is 0.923.